The average Bonchev–Trinajstić information content (AvgIpc) is 3.10. The average molecular weight is 336 g/mol. The molecule has 25 heavy (non-hydrogen) atoms. The molecule has 1 aliphatic carbocycles. The zero-order valence-electron chi connectivity index (χ0n) is 13.8. The summed E-state index contributed by atoms with van der Waals surface area (Å²) in [4.78, 5) is 28.5. The standard InChI is InChI=1S/C20H20N2O3/c23-12-20(9-3-4-10-20)22-19(25)13-7-8-15-17(11-13)21-16-6-2-1-5-14(16)18(15)24/h1-2,5-8,11,23H,3-4,9-10,12H2,(H,21,24)(H,22,25). The van der Waals surface area contributed by atoms with E-state index in [4.69, 9.17) is 0 Å². The van der Waals surface area contributed by atoms with Crippen LogP contribution in [0.4, 0.5) is 0 Å². The zero-order chi connectivity index (χ0) is 17.4. The quantitative estimate of drug-likeness (QED) is 0.643. The summed E-state index contributed by atoms with van der Waals surface area (Å²) in [6, 6.07) is 12.4. The van der Waals surface area contributed by atoms with Gasteiger partial charge in [-0.2, -0.15) is 0 Å². The van der Waals surface area contributed by atoms with Crippen molar-refractivity contribution < 1.29 is 9.90 Å². The molecule has 0 saturated heterocycles. The molecule has 3 aromatic rings. The lowest BCUT2D eigenvalue weighted by Gasteiger charge is -2.28. The fraction of sp³-hybridized carbons (Fsp3) is 0.300. The first-order chi connectivity index (χ1) is 12.1. The fourth-order valence-corrected chi connectivity index (χ4v) is 3.75. The Hall–Kier alpha value is -2.66. The van der Waals surface area contributed by atoms with E-state index in [0.29, 0.717) is 21.9 Å². The normalized spacial score (nSPS) is 16.4. The first-order valence-electron chi connectivity index (χ1n) is 8.60. The number of aliphatic hydroxyl groups excluding tert-OH is 1. The van der Waals surface area contributed by atoms with Crippen molar-refractivity contribution in [2.75, 3.05) is 6.61 Å². The molecule has 2 aromatic carbocycles. The summed E-state index contributed by atoms with van der Waals surface area (Å²) >= 11 is 0. The van der Waals surface area contributed by atoms with E-state index in [1.165, 1.54) is 0 Å². The molecule has 0 atom stereocenters. The Morgan fingerprint density at radius 2 is 1.80 bits per heavy atom. The first kappa shape index (κ1) is 15.8. The molecule has 0 bridgehead atoms. The molecule has 4 rings (SSSR count). The molecule has 1 heterocycles. The van der Waals surface area contributed by atoms with Gasteiger partial charge in [0.1, 0.15) is 0 Å². The number of carbonyl (C=O) groups is 1. The van der Waals surface area contributed by atoms with Crippen LogP contribution in [0.25, 0.3) is 21.8 Å². The lowest BCUT2D eigenvalue weighted by Crippen LogP contribution is -2.49. The number of pyridine rings is 1. The van der Waals surface area contributed by atoms with Gasteiger partial charge in [-0.25, -0.2) is 0 Å². The number of hydrogen-bond acceptors (Lipinski definition) is 3. The van der Waals surface area contributed by atoms with Gasteiger partial charge in [-0.3, -0.25) is 9.59 Å². The summed E-state index contributed by atoms with van der Waals surface area (Å²) in [6.45, 7) is -0.0478. The SMILES string of the molecule is O=C(NC1(CO)CCCC1)c1ccc2c(=O)c3ccccc3[nH]c2c1. The number of carbonyl (C=O) groups excluding carboxylic acids is 1. The van der Waals surface area contributed by atoms with E-state index in [1.54, 1.807) is 24.3 Å². The second-order valence-corrected chi connectivity index (χ2v) is 6.86. The summed E-state index contributed by atoms with van der Waals surface area (Å²) in [5.74, 6) is -0.216. The highest BCUT2D eigenvalue weighted by molar-refractivity contribution is 6.00. The molecule has 0 radical (unpaired) electrons. The number of H-pyrrole nitrogens is 1. The fourth-order valence-electron chi connectivity index (χ4n) is 3.75. The number of hydrogen-bond donors (Lipinski definition) is 3. The number of amides is 1. The number of aromatic amines is 1. The molecule has 5 heteroatoms. The van der Waals surface area contributed by atoms with E-state index in [2.05, 4.69) is 10.3 Å². The number of benzene rings is 2. The van der Waals surface area contributed by atoms with Gasteiger partial charge in [-0.1, -0.05) is 25.0 Å². The van der Waals surface area contributed by atoms with Crippen molar-refractivity contribution in [2.24, 2.45) is 0 Å². The summed E-state index contributed by atoms with van der Waals surface area (Å²) in [7, 11) is 0. The van der Waals surface area contributed by atoms with E-state index in [1.807, 2.05) is 18.2 Å². The maximum absolute atomic E-state index is 12.6. The molecule has 0 spiro atoms. The molecular formula is C20H20N2O3. The number of fused-ring (bicyclic) bond motifs is 2. The van der Waals surface area contributed by atoms with Crippen LogP contribution in [0.2, 0.25) is 0 Å². The van der Waals surface area contributed by atoms with Crippen LogP contribution in [0.5, 0.6) is 0 Å². The molecule has 1 aromatic heterocycles. The van der Waals surface area contributed by atoms with E-state index in [-0.39, 0.29) is 17.9 Å². The highest BCUT2D eigenvalue weighted by Crippen LogP contribution is 2.29. The lowest BCUT2D eigenvalue weighted by molar-refractivity contribution is 0.0838. The van der Waals surface area contributed by atoms with Crippen LogP contribution < -0.4 is 10.7 Å². The number of rotatable bonds is 3. The van der Waals surface area contributed by atoms with Gasteiger partial charge in [0.25, 0.3) is 5.91 Å². The van der Waals surface area contributed by atoms with Crippen molar-refractivity contribution in [3.05, 3.63) is 58.3 Å². The highest BCUT2D eigenvalue weighted by Gasteiger charge is 2.34. The topological polar surface area (TPSA) is 82.2 Å². The maximum Gasteiger partial charge on any atom is 0.251 e. The zero-order valence-corrected chi connectivity index (χ0v) is 13.8. The van der Waals surface area contributed by atoms with Crippen LogP contribution in [-0.4, -0.2) is 28.1 Å². The van der Waals surface area contributed by atoms with Crippen molar-refractivity contribution in [1.29, 1.82) is 0 Å². The Kier molecular flexibility index (Phi) is 3.81. The van der Waals surface area contributed by atoms with Crippen LogP contribution in [0.3, 0.4) is 0 Å². The first-order valence-corrected chi connectivity index (χ1v) is 8.60. The third-order valence-electron chi connectivity index (χ3n) is 5.21. The van der Waals surface area contributed by atoms with Crippen molar-refractivity contribution in [2.45, 2.75) is 31.2 Å². The van der Waals surface area contributed by atoms with Crippen LogP contribution in [0.15, 0.2) is 47.3 Å². The van der Waals surface area contributed by atoms with Crippen molar-refractivity contribution in [3.63, 3.8) is 0 Å². The van der Waals surface area contributed by atoms with Crippen molar-refractivity contribution >= 4 is 27.7 Å². The Labute approximate surface area is 144 Å². The van der Waals surface area contributed by atoms with Gasteiger partial charge in [-0.15, -0.1) is 0 Å². The second-order valence-electron chi connectivity index (χ2n) is 6.86. The molecule has 0 unspecified atom stereocenters. The van der Waals surface area contributed by atoms with Crippen LogP contribution in [0.1, 0.15) is 36.0 Å². The molecule has 1 saturated carbocycles. The van der Waals surface area contributed by atoms with E-state index < -0.39 is 5.54 Å². The maximum atomic E-state index is 12.6. The van der Waals surface area contributed by atoms with Gasteiger partial charge in [0.15, 0.2) is 5.43 Å². The monoisotopic (exact) mass is 336 g/mol. The second kappa shape index (κ2) is 6.01. The van der Waals surface area contributed by atoms with Crippen LogP contribution in [0, 0.1) is 0 Å². The minimum absolute atomic E-state index is 0.0427. The lowest BCUT2D eigenvalue weighted by atomic mass is 9.98. The van der Waals surface area contributed by atoms with E-state index in [9.17, 15) is 14.7 Å². The number of para-hydroxylation sites is 1. The van der Waals surface area contributed by atoms with Crippen LogP contribution >= 0.6 is 0 Å². The Balaban J connectivity index is 1.74. The van der Waals surface area contributed by atoms with Crippen molar-refractivity contribution in [3.8, 4) is 0 Å². The van der Waals surface area contributed by atoms with E-state index in [0.717, 1.165) is 31.2 Å². The molecule has 128 valence electrons. The molecule has 1 aliphatic rings. The number of aromatic nitrogens is 1. The highest BCUT2D eigenvalue weighted by atomic mass is 16.3. The number of aliphatic hydroxyl groups is 1. The Bertz CT molecular complexity index is 1020. The predicted molar refractivity (Wildman–Crippen MR) is 97.8 cm³/mol. The summed E-state index contributed by atoms with van der Waals surface area (Å²) in [6.07, 6.45) is 3.62. The van der Waals surface area contributed by atoms with Gasteiger partial charge in [0.2, 0.25) is 0 Å². The Morgan fingerprint density at radius 3 is 2.56 bits per heavy atom. The predicted octanol–water partition coefficient (Wildman–Crippen LogP) is 2.72. The summed E-state index contributed by atoms with van der Waals surface area (Å²) < 4.78 is 0. The van der Waals surface area contributed by atoms with Gasteiger partial charge >= 0.3 is 0 Å². The third-order valence-corrected chi connectivity index (χ3v) is 5.21. The molecule has 3 N–H and O–H groups in total. The molecule has 5 nitrogen and oxygen atoms in total. The van der Waals surface area contributed by atoms with E-state index >= 15 is 0 Å². The van der Waals surface area contributed by atoms with Gasteiger partial charge in [-0.05, 0) is 43.2 Å². The van der Waals surface area contributed by atoms with Gasteiger partial charge in [0.05, 0.1) is 17.7 Å². The minimum Gasteiger partial charge on any atom is -0.394 e. The third kappa shape index (κ3) is 2.70. The molecule has 0 aliphatic heterocycles. The Morgan fingerprint density at radius 1 is 1.08 bits per heavy atom. The smallest absolute Gasteiger partial charge is 0.251 e. The molecule has 1 amide bonds. The minimum atomic E-state index is -0.511. The van der Waals surface area contributed by atoms with Gasteiger partial charge in [0, 0.05) is 21.9 Å². The largest absolute Gasteiger partial charge is 0.394 e. The molecule has 1 fully saturated rings. The van der Waals surface area contributed by atoms with Crippen molar-refractivity contribution in [1.82, 2.24) is 10.3 Å². The van der Waals surface area contributed by atoms with Crippen LogP contribution in [-0.2, 0) is 0 Å². The number of nitrogens with one attached hydrogen (secondary N) is 2. The molecular weight excluding hydrogens is 316 g/mol. The summed E-state index contributed by atoms with van der Waals surface area (Å²) in [5, 5.41) is 13.9. The van der Waals surface area contributed by atoms with Gasteiger partial charge < -0.3 is 15.4 Å². The summed E-state index contributed by atoms with van der Waals surface area (Å²) in [5.41, 5.74) is 1.32.